The summed E-state index contributed by atoms with van der Waals surface area (Å²) in [5.74, 6) is -3.70. The number of ether oxygens (including phenoxy) is 6. The van der Waals surface area contributed by atoms with Gasteiger partial charge in [-0.25, -0.2) is 0 Å². The summed E-state index contributed by atoms with van der Waals surface area (Å²) in [6, 6.07) is 7.75. The van der Waals surface area contributed by atoms with E-state index < -0.39 is 71.8 Å². The molecule has 6 atom stereocenters. The van der Waals surface area contributed by atoms with Gasteiger partial charge < -0.3 is 0 Å². The first kappa shape index (κ1) is 33.3. The second-order valence-electron chi connectivity index (χ2n) is 8.76. The van der Waals surface area contributed by atoms with E-state index in [0.717, 1.165) is 32.5 Å². The molecule has 0 aliphatic carbocycles. The van der Waals surface area contributed by atoms with Gasteiger partial charge in [0.2, 0.25) is 0 Å². The Balaban J connectivity index is 2.78. The second-order valence-corrected chi connectivity index (χ2v) is 11.3. The number of nitrogens with zero attached hydrogens (tertiary/aromatic N) is 1. The molecule has 1 radical (unpaired) electrons. The summed E-state index contributed by atoms with van der Waals surface area (Å²) in [5.41, 5.74) is 0. The third-order valence-corrected chi connectivity index (χ3v) is 6.93. The molecule has 1 saturated heterocycles. The van der Waals surface area contributed by atoms with E-state index in [1.807, 2.05) is 0 Å². The predicted molar refractivity (Wildman–Crippen MR) is 142 cm³/mol. The Labute approximate surface area is 244 Å². The second kappa shape index (κ2) is 15.2. The number of benzene rings is 1. The summed E-state index contributed by atoms with van der Waals surface area (Å²) < 4.78 is 33.7. The van der Waals surface area contributed by atoms with Gasteiger partial charge in [0.15, 0.2) is 0 Å². The zero-order chi connectivity index (χ0) is 30.0. The van der Waals surface area contributed by atoms with Crippen LogP contribution in [0.2, 0.25) is 0 Å². The summed E-state index contributed by atoms with van der Waals surface area (Å²) in [5, 5.41) is 0. The van der Waals surface area contributed by atoms with E-state index in [2.05, 4.69) is 21.0 Å². The van der Waals surface area contributed by atoms with Crippen molar-refractivity contribution < 1.29 is 52.4 Å². The summed E-state index contributed by atoms with van der Waals surface area (Å²) in [4.78, 5) is 64.9. The van der Waals surface area contributed by atoms with Crippen molar-refractivity contribution in [1.29, 1.82) is 0 Å². The van der Waals surface area contributed by atoms with Crippen molar-refractivity contribution >= 4 is 62.2 Å². The first-order valence-corrected chi connectivity index (χ1v) is 13.8. The fourth-order valence-corrected chi connectivity index (χ4v) is 5.62. The summed E-state index contributed by atoms with van der Waals surface area (Å²) in [6.45, 7) is 5.74. The van der Waals surface area contributed by atoms with Crippen LogP contribution in [0.4, 0.5) is 0 Å². The number of aliphatic imine (C=N–C) groups is 1. The van der Waals surface area contributed by atoms with E-state index in [1.54, 1.807) is 37.3 Å². The van der Waals surface area contributed by atoms with Crippen LogP contribution in [0.3, 0.4) is 0 Å². The number of methoxy groups -OCH3 is 1. The Morgan fingerprint density at radius 3 is 2.12 bits per heavy atom. The fraction of sp³-hybridized carbons (Fsp3) is 0.538. The van der Waals surface area contributed by atoms with Crippen LogP contribution >= 0.6 is 11.8 Å². The van der Waals surface area contributed by atoms with Crippen LogP contribution < -0.4 is 0 Å². The molecule has 1 aliphatic rings. The molecule has 0 bridgehead atoms. The molecule has 2 rings (SSSR count). The third-order valence-electron chi connectivity index (χ3n) is 5.44. The minimum atomic E-state index is -1.82. The first-order valence-electron chi connectivity index (χ1n) is 12.1. The molecule has 0 saturated carbocycles. The monoisotopic (exact) mass is 646 g/mol. The van der Waals surface area contributed by atoms with Gasteiger partial charge >= 0.3 is 245 Å². The number of carbonyl (C=O) groups is 5. The Morgan fingerprint density at radius 2 is 1.62 bits per heavy atom. The molecule has 0 aromatic heterocycles. The van der Waals surface area contributed by atoms with Gasteiger partial charge in [-0.2, -0.15) is 0 Å². The van der Waals surface area contributed by atoms with Crippen LogP contribution in [-0.4, -0.2) is 99.6 Å². The van der Waals surface area contributed by atoms with Gasteiger partial charge in [0.25, 0.3) is 0 Å². The molecule has 1 aliphatic heterocycles. The average Bonchev–Trinajstić information content (AvgIpc) is 2.85. The molecule has 40 heavy (non-hydrogen) atoms. The Morgan fingerprint density at radius 1 is 1.00 bits per heavy atom. The van der Waals surface area contributed by atoms with Crippen LogP contribution in [0, 0.1) is 0 Å². The molecule has 0 N–H and O–H groups in total. The van der Waals surface area contributed by atoms with Crippen LogP contribution in [0.25, 0.3) is 0 Å². The SMILES string of the molecule is COC(=O)[C@]1(Sc2ccccc2)C[C@H](OC(C)=O)[C@@H](N=C(C)[Se])[C@H]([C@H](OC(C)=O)[C@@H](COC(C)=O)OC(C)=O)O1. The van der Waals surface area contributed by atoms with Gasteiger partial charge in [0.05, 0.1) is 0 Å². The molecule has 0 unspecified atom stereocenters. The van der Waals surface area contributed by atoms with E-state index in [0.29, 0.717) is 9.51 Å². The van der Waals surface area contributed by atoms with Crippen LogP contribution in [-0.2, 0) is 52.4 Å². The molecule has 1 aromatic carbocycles. The van der Waals surface area contributed by atoms with Crippen molar-refractivity contribution in [2.75, 3.05) is 13.7 Å². The van der Waals surface area contributed by atoms with Gasteiger partial charge in [0, 0.05) is 0 Å². The number of hydrogen-bond acceptors (Lipinski definition) is 13. The summed E-state index contributed by atoms with van der Waals surface area (Å²) >= 11 is 3.75. The van der Waals surface area contributed by atoms with E-state index in [4.69, 9.17) is 28.4 Å². The molecular formula is C26H32NO11SSe. The molecule has 0 spiro atoms. The normalized spacial score (nSPS) is 24.1. The minimum absolute atomic E-state index is 0.189. The van der Waals surface area contributed by atoms with Crippen LogP contribution in [0.5, 0.6) is 0 Å². The molecule has 1 aromatic rings. The van der Waals surface area contributed by atoms with E-state index in [-0.39, 0.29) is 6.42 Å². The van der Waals surface area contributed by atoms with Gasteiger partial charge in [-0.15, -0.1) is 0 Å². The molecule has 12 nitrogen and oxygen atoms in total. The summed E-state index contributed by atoms with van der Waals surface area (Å²) in [7, 11) is 1.18. The van der Waals surface area contributed by atoms with Gasteiger partial charge in [-0.1, -0.05) is 0 Å². The van der Waals surface area contributed by atoms with Crippen LogP contribution in [0.1, 0.15) is 41.0 Å². The number of esters is 5. The average molecular weight is 646 g/mol. The molecule has 14 heteroatoms. The maximum atomic E-state index is 13.4. The van der Waals surface area contributed by atoms with E-state index in [9.17, 15) is 24.0 Å². The molecule has 219 valence electrons. The Bertz CT molecular complexity index is 1110. The molecule has 1 heterocycles. The standard InChI is InChI=1S/C26H32NO11SSe/c1-14(40)27-22-20(35-16(3)29)12-26(25(32)33-6,39-19-10-8-7-9-11-19)38-24(22)23(37-18(5)31)21(36-17(4)30)13-34-15(2)28/h7-11,20-24H,12-13H2,1-6H3/t20-,21+,22+,23+,24+,26+/m0/s1. The predicted octanol–water partition coefficient (Wildman–Crippen LogP) is 1.75. The van der Waals surface area contributed by atoms with Crippen molar-refractivity contribution in [3.63, 3.8) is 0 Å². The number of hydrogen-bond donors (Lipinski definition) is 0. The number of thioether (sulfide) groups is 1. The van der Waals surface area contributed by atoms with Gasteiger partial charge in [-0.05, 0) is 0 Å². The maximum absolute atomic E-state index is 13.4. The van der Waals surface area contributed by atoms with Crippen molar-refractivity contribution in [1.82, 2.24) is 0 Å². The topological polar surface area (TPSA) is 153 Å². The van der Waals surface area contributed by atoms with Crippen molar-refractivity contribution in [2.24, 2.45) is 4.99 Å². The number of carbonyl (C=O) groups excluding carboxylic acids is 5. The van der Waals surface area contributed by atoms with E-state index >= 15 is 0 Å². The zero-order valence-electron chi connectivity index (χ0n) is 22.9. The number of rotatable bonds is 11. The van der Waals surface area contributed by atoms with Gasteiger partial charge in [0.1, 0.15) is 0 Å². The molecular weight excluding hydrogens is 613 g/mol. The Hall–Kier alpha value is -2.93. The molecule has 0 amide bonds. The van der Waals surface area contributed by atoms with Crippen molar-refractivity contribution in [3.05, 3.63) is 30.3 Å². The third kappa shape index (κ3) is 9.61. The quantitative estimate of drug-likeness (QED) is 0.149. The summed E-state index contributed by atoms with van der Waals surface area (Å²) in [6.07, 6.45) is -5.47. The first-order chi connectivity index (χ1) is 18.8. The van der Waals surface area contributed by atoms with Crippen LogP contribution in [0.15, 0.2) is 40.2 Å². The molecule has 1 fully saturated rings. The van der Waals surface area contributed by atoms with E-state index in [1.165, 1.54) is 14.0 Å². The zero-order valence-corrected chi connectivity index (χ0v) is 25.5. The van der Waals surface area contributed by atoms with Crippen molar-refractivity contribution in [2.45, 2.75) is 81.3 Å². The van der Waals surface area contributed by atoms with Crippen molar-refractivity contribution in [3.8, 4) is 0 Å². The van der Waals surface area contributed by atoms with Gasteiger partial charge in [-0.3, -0.25) is 0 Å². The fourth-order valence-electron chi connectivity index (χ4n) is 4.12. The Kier molecular flexibility index (Phi) is 12.6.